The minimum absolute atomic E-state index is 0.118. The lowest BCUT2D eigenvalue weighted by Crippen LogP contribution is -2.54. The molecule has 0 radical (unpaired) electrons. The average molecular weight is 230 g/mol. The Hall–Kier alpha value is -0.610. The molecule has 1 aliphatic heterocycles. The van der Waals surface area contributed by atoms with Gasteiger partial charge in [-0.1, -0.05) is 13.8 Å². The Morgan fingerprint density at radius 2 is 2.00 bits per heavy atom. The van der Waals surface area contributed by atoms with Crippen LogP contribution in [0.5, 0.6) is 0 Å². The highest BCUT2D eigenvalue weighted by atomic mass is 16.5. The van der Waals surface area contributed by atoms with Gasteiger partial charge in [0.1, 0.15) is 0 Å². The quantitative estimate of drug-likeness (QED) is 0.774. The van der Waals surface area contributed by atoms with Crippen molar-refractivity contribution in [2.75, 3.05) is 13.2 Å². The van der Waals surface area contributed by atoms with Crippen molar-refractivity contribution >= 4 is 5.97 Å². The molecule has 94 valence electrons. The summed E-state index contributed by atoms with van der Waals surface area (Å²) in [5.74, 6) is -1.04. The number of rotatable bonds is 3. The highest BCUT2D eigenvalue weighted by Gasteiger charge is 2.54. The van der Waals surface area contributed by atoms with Gasteiger partial charge in [0.2, 0.25) is 0 Å². The standard InChI is InChI=1S/C12H22O4/c1-9(2)11(3,10(13)14)12(15)5-4-7-16-8-6-12/h9,15H,4-8H2,1-3H3,(H,13,14). The maximum absolute atomic E-state index is 11.5. The predicted octanol–water partition coefficient (Wildman–Crippen LogP) is 1.66. The number of aliphatic carboxylic acids is 1. The van der Waals surface area contributed by atoms with Crippen LogP contribution in [0.4, 0.5) is 0 Å². The van der Waals surface area contributed by atoms with E-state index in [4.69, 9.17) is 4.74 Å². The van der Waals surface area contributed by atoms with Gasteiger partial charge >= 0.3 is 5.97 Å². The van der Waals surface area contributed by atoms with E-state index in [0.717, 1.165) is 0 Å². The van der Waals surface area contributed by atoms with Crippen molar-refractivity contribution in [3.8, 4) is 0 Å². The summed E-state index contributed by atoms with van der Waals surface area (Å²) in [7, 11) is 0. The molecule has 2 atom stereocenters. The number of carbonyl (C=O) groups is 1. The monoisotopic (exact) mass is 230 g/mol. The average Bonchev–Trinajstić information content (AvgIpc) is 2.42. The zero-order valence-electron chi connectivity index (χ0n) is 10.3. The summed E-state index contributed by atoms with van der Waals surface area (Å²) in [6, 6.07) is 0. The number of hydrogen-bond donors (Lipinski definition) is 2. The number of hydrogen-bond acceptors (Lipinski definition) is 3. The molecule has 0 bridgehead atoms. The van der Waals surface area contributed by atoms with Gasteiger partial charge in [-0.3, -0.25) is 4.79 Å². The zero-order chi connectivity index (χ0) is 12.4. The molecule has 0 spiro atoms. The first-order valence-electron chi connectivity index (χ1n) is 5.88. The molecule has 1 heterocycles. The minimum atomic E-state index is -1.16. The number of aliphatic hydroxyl groups is 1. The number of ether oxygens (including phenoxy) is 1. The van der Waals surface area contributed by atoms with Crippen LogP contribution in [-0.2, 0) is 9.53 Å². The SMILES string of the molecule is CC(C)C(C)(C(=O)O)C1(O)CCCOCC1. The Morgan fingerprint density at radius 1 is 1.38 bits per heavy atom. The second kappa shape index (κ2) is 4.72. The van der Waals surface area contributed by atoms with E-state index in [1.165, 1.54) is 0 Å². The Labute approximate surface area is 96.6 Å². The molecule has 0 amide bonds. The molecule has 1 rings (SSSR count). The third-order valence-electron chi connectivity index (χ3n) is 4.10. The predicted molar refractivity (Wildman–Crippen MR) is 60.2 cm³/mol. The molecule has 1 fully saturated rings. The van der Waals surface area contributed by atoms with Crippen LogP contribution in [0.25, 0.3) is 0 Å². The topological polar surface area (TPSA) is 66.8 Å². The van der Waals surface area contributed by atoms with E-state index in [-0.39, 0.29) is 5.92 Å². The van der Waals surface area contributed by atoms with Crippen LogP contribution in [0.2, 0.25) is 0 Å². The summed E-state index contributed by atoms with van der Waals surface area (Å²) in [6.45, 7) is 6.38. The van der Waals surface area contributed by atoms with Crippen LogP contribution in [0, 0.1) is 11.3 Å². The lowest BCUT2D eigenvalue weighted by atomic mass is 9.63. The van der Waals surface area contributed by atoms with Gasteiger partial charge in [0.15, 0.2) is 0 Å². The third kappa shape index (κ3) is 2.09. The van der Waals surface area contributed by atoms with E-state index < -0.39 is 17.0 Å². The van der Waals surface area contributed by atoms with E-state index in [0.29, 0.717) is 32.5 Å². The van der Waals surface area contributed by atoms with E-state index in [1.807, 2.05) is 13.8 Å². The largest absolute Gasteiger partial charge is 0.481 e. The third-order valence-corrected chi connectivity index (χ3v) is 4.10. The summed E-state index contributed by atoms with van der Waals surface area (Å²) >= 11 is 0. The van der Waals surface area contributed by atoms with Crippen molar-refractivity contribution in [3.05, 3.63) is 0 Å². The summed E-state index contributed by atoms with van der Waals surface area (Å²) in [5, 5.41) is 20.1. The van der Waals surface area contributed by atoms with Crippen LogP contribution in [0.15, 0.2) is 0 Å². The van der Waals surface area contributed by atoms with E-state index >= 15 is 0 Å². The maximum Gasteiger partial charge on any atom is 0.312 e. The molecule has 4 nitrogen and oxygen atoms in total. The van der Waals surface area contributed by atoms with E-state index in [1.54, 1.807) is 6.92 Å². The molecular weight excluding hydrogens is 208 g/mol. The fourth-order valence-corrected chi connectivity index (χ4v) is 2.44. The van der Waals surface area contributed by atoms with Crippen LogP contribution in [0.1, 0.15) is 40.0 Å². The highest BCUT2D eigenvalue weighted by molar-refractivity contribution is 5.76. The second-order valence-electron chi connectivity index (χ2n) is 5.16. The van der Waals surface area contributed by atoms with E-state index in [2.05, 4.69) is 0 Å². The smallest absolute Gasteiger partial charge is 0.312 e. The van der Waals surface area contributed by atoms with Gasteiger partial charge in [-0.25, -0.2) is 0 Å². The lowest BCUT2D eigenvalue weighted by Gasteiger charge is -2.44. The molecule has 2 N–H and O–H groups in total. The Bertz CT molecular complexity index is 254. The molecule has 0 aromatic rings. The molecule has 0 aromatic heterocycles. The molecule has 1 saturated heterocycles. The number of carboxylic acid groups (broad SMARTS) is 1. The van der Waals surface area contributed by atoms with Gasteiger partial charge in [-0.2, -0.15) is 0 Å². The van der Waals surface area contributed by atoms with Gasteiger partial charge < -0.3 is 14.9 Å². The first-order valence-corrected chi connectivity index (χ1v) is 5.88. The van der Waals surface area contributed by atoms with Crippen molar-refractivity contribution in [3.63, 3.8) is 0 Å². The fourth-order valence-electron chi connectivity index (χ4n) is 2.44. The summed E-state index contributed by atoms with van der Waals surface area (Å²) in [5.41, 5.74) is -2.27. The molecule has 0 saturated carbocycles. The van der Waals surface area contributed by atoms with E-state index in [9.17, 15) is 15.0 Å². The highest BCUT2D eigenvalue weighted by Crippen LogP contribution is 2.44. The first-order chi connectivity index (χ1) is 7.34. The van der Waals surface area contributed by atoms with Gasteiger partial charge in [0.05, 0.1) is 11.0 Å². The second-order valence-corrected chi connectivity index (χ2v) is 5.16. The maximum atomic E-state index is 11.5. The molecule has 0 aromatic carbocycles. The van der Waals surface area contributed by atoms with Crippen molar-refractivity contribution in [1.29, 1.82) is 0 Å². The van der Waals surface area contributed by atoms with Crippen molar-refractivity contribution in [2.24, 2.45) is 11.3 Å². The van der Waals surface area contributed by atoms with Gasteiger partial charge in [-0.15, -0.1) is 0 Å². The Kier molecular flexibility index (Phi) is 3.97. The molecule has 4 heteroatoms. The minimum Gasteiger partial charge on any atom is -0.481 e. The molecule has 0 aliphatic carbocycles. The van der Waals surface area contributed by atoms with Crippen LogP contribution < -0.4 is 0 Å². The summed E-state index contributed by atoms with van der Waals surface area (Å²) in [6.07, 6.45) is 1.61. The normalized spacial score (nSPS) is 30.8. The van der Waals surface area contributed by atoms with Crippen LogP contribution in [0.3, 0.4) is 0 Å². The molecule has 16 heavy (non-hydrogen) atoms. The summed E-state index contributed by atoms with van der Waals surface area (Å²) in [4.78, 5) is 11.5. The zero-order valence-corrected chi connectivity index (χ0v) is 10.3. The Morgan fingerprint density at radius 3 is 2.50 bits per heavy atom. The van der Waals surface area contributed by atoms with Crippen LogP contribution >= 0.6 is 0 Å². The number of carboxylic acids is 1. The van der Waals surface area contributed by atoms with Crippen LogP contribution in [-0.4, -0.2) is 35.0 Å². The molecule has 2 unspecified atom stereocenters. The van der Waals surface area contributed by atoms with Crippen molar-refractivity contribution in [2.45, 2.75) is 45.6 Å². The van der Waals surface area contributed by atoms with Crippen molar-refractivity contribution in [1.82, 2.24) is 0 Å². The fraction of sp³-hybridized carbons (Fsp3) is 0.917. The van der Waals surface area contributed by atoms with Crippen molar-refractivity contribution < 1.29 is 19.7 Å². The van der Waals surface area contributed by atoms with Gasteiger partial charge in [0.25, 0.3) is 0 Å². The Balaban J connectivity index is 3.04. The lowest BCUT2D eigenvalue weighted by molar-refractivity contribution is -0.177. The molecule has 1 aliphatic rings. The van der Waals surface area contributed by atoms with Gasteiger partial charge in [0, 0.05) is 19.6 Å². The summed E-state index contributed by atoms with van der Waals surface area (Å²) < 4.78 is 5.29. The molecular formula is C12H22O4. The van der Waals surface area contributed by atoms with Gasteiger partial charge in [-0.05, 0) is 25.7 Å². The first kappa shape index (κ1) is 13.5.